The van der Waals surface area contributed by atoms with Crippen LogP contribution in [0.2, 0.25) is 0 Å². The number of hydrogen-bond donors (Lipinski definition) is 3. The summed E-state index contributed by atoms with van der Waals surface area (Å²) in [6.45, 7) is 2.67. The molecule has 0 bridgehead atoms. The van der Waals surface area contributed by atoms with Gasteiger partial charge >= 0.3 is 0 Å². The smallest absolute Gasteiger partial charge is 0.243 e. The number of carbonyl (C=O) groups is 1. The number of anilines is 1. The number of aliphatic imine (C=N–C) groups is 1. The summed E-state index contributed by atoms with van der Waals surface area (Å²) in [6.07, 6.45) is 0.778. The van der Waals surface area contributed by atoms with Crippen LogP contribution in [0.1, 0.15) is 10.7 Å². The van der Waals surface area contributed by atoms with Crippen LogP contribution in [0.4, 0.5) is 10.1 Å². The molecular weight excluding hydrogens is 329 g/mol. The van der Waals surface area contributed by atoms with Crippen molar-refractivity contribution in [3.63, 3.8) is 0 Å². The molecule has 0 atom stereocenters. The number of amides is 1. The van der Waals surface area contributed by atoms with Crippen molar-refractivity contribution in [2.45, 2.75) is 13.3 Å². The van der Waals surface area contributed by atoms with E-state index in [-0.39, 0.29) is 12.5 Å². The van der Waals surface area contributed by atoms with Crippen LogP contribution >= 0.6 is 11.3 Å². The highest BCUT2D eigenvalue weighted by Gasteiger charge is 2.05. The summed E-state index contributed by atoms with van der Waals surface area (Å²) in [5, 5.41) is 11.7. The Bertz CT molecular complexity index is 716. The van der Waals surface area contributed by atoms with Gasteiger partial charge < -0.3 is 16.0 Å². The van der Waals surface area contributed by atoms with Gasteiger partial charge in [-0.15, -0.1) is 11.3 Å². The van der Waals surface area contributed by atoms with Gasteiger partial charge in [-0.25, -0.2) is 9.37 Å². The number of carbonyl (C=O) groups excluding carboxylic acids is 1. The molecule has 24 heavy (non-hydrogen) atoms. The van der Waals surface area contributed by atoms with Crippen molar-refractivity contribution in [3.05, 3.63) is 46.2 Å². The Morgan fingerprint density at radius 3 is 2.88 bits per heavy atom. The maximum absolute atomic E-state index is 13.1. The van der Waals surface area contributed by atoms with E-state index in [0.717, 1.165) is 17.1 Å². The molecule has 1 aromatic carbocycles. The highest BCUT2D eigenvalue weighted by atomic mass is 32.1. The topological polar surface area (TPSA) is 78.4 Å². The van der Waals surface area contributed by atoms with Crippen LogP contribution in [0.15, 0.2) is 34.6 Å². The van der Waals surface area contributed by atoms with Gasteiger partial charge in [-0.3, -0.25) is 9.79 Å². The van der Waals surface area contributed by atoms with E-state index >= 15 is 0 Å². The Balaban J connectivity index is 1.71. The van der Waals surface area contributed by atoms with E-state index in [1.165, 1.54) is 12.1 Å². The molecule has 1 amide bonds. The highest BCUT2D eigenvalue weighted by Crippen LogP contribution is 2.08. The number of guanidine groups is 1. The minimum atomic E-state index is -0.393. The van der Waals surface area contributed by atoms with Gasteiger partial charge in [0, 0.05) is 31.1 Å². The molecule has 0 aliphatic heterocycles. The lowest BCUT2D eigenvalue weighted by Gasteiger charge is -2.11. The fraction of sp³-hybridized carbons (Fsp3) is 0.312. The largest absolute Gasteiger partial charge is 0.356 e. The fourth-order valence-electron chi connectivity index (χ4n) is 1.99. The number of benzene rings is 1. The third-order valence-electron chi connectivity index (χ3n) is 3.09. The molecule has 2 aromatic rings. The van der Waals surface area contributed by atoms with E-state index in [4.69, 9.17) is 0 Å². The van der Waals surface area contributed by atoms with Crippen LogP contribution in [-0.4, -0.2) is 37.0 Å². The van der Waals surface area contributed by atoms with Crippen LogP contribution in [0.5, 0.6) is 0 Å². The number of nitrogens with zero attached hydrogens (tertiary/aromatic N) is 2. The van der Waals surface area contributed by atoms with Crippen molar-refractivity contribution in [3.8, 4) is 0 Å². The standard InChI is InChI=1S/C16H20FN5OS/c1-11-21-14(10-24-11)6-7-19-16(18-2)20-9-15(23)22-13-5-3-4-12(17)8-13/h3-5,8,10H,6-7,9H2,1-2H3,(H,22,23)(H2,18,19,20). The molecule has 0 saturated heterocycles. The summed E-state index contributed by atoms with van der Waals surface area (Å²) >= 11 is 1.62. The first-order chi connectivity index (χ1) is 11.6. The zero-order chi connectivity index (χ0) is 17.4. The first-order valence-corrected chi connectivity index (χ1v) is 8.35. The Hall–Kier alpha value is -2.48. The third-order valence-corrected chi connectivity index (χ3v) is 3.91. The van der Waals surface area contributed by atoms with E-state index < -0.39 is 5.82 Å². The third kappa shape index (κ3) is 5.96. The summed E-state index contributed by atoms with van der Waals surface area (Å²) in [5.74, 6) is -0.148. The predicted octanol–water partition coefficient (Wildman–Crippen LogP) is 1.94. The van der Waals surface area contributed by atoms with Crippen LogP contribution in [-0.2, 0) is 11.2 Å². The lowest BCUT2D eigenvalue weighted by molar-refractivity contribution is -0.115. The number of rotatable bonds is 6. The summed E-state index contributed by atoms with van der Waals surface area (Å²) in [4.78, 5) is 20.3. The molecule has 1 aromatic heterocycles. The predicted molar refractivity (Wildman–Crippen MR) is 94.9 cm³/mol. The van der Waals surface area contributed by atoms with Gasteiger partial charge in [0.25, 0.3) is 0 Å². The molecule has 128 valence electrons. The Morgan fingerprint density at radius 1 is 1.38 bits per heavy atom. The SMILES string of the molecule is CN=C(NCCc1csc(C)n1)NCC(=O)Nc1cccc(F)c1. The number of hydrogen-bond acceptors (Lipinski definition) is 4. The molecule has 3 N–H and O–H groups in total. The molecule has 0 fully saturated rings. The zero-order valence-corrected chi connectivity index (χ0v) is 14.4. The minimum absolute atomic E-state index is 0.0337. The monoisotopic (exact) mass is 349 g/mol. The molecule has 0 saturated carbocycles. The minimum Gasteiger partial charge on any atom is -0.356 e. The van der Waals surface area contributed by atoms with Crippen molar-refractivity contribution in [2.24, 2.45) is 4.99 Å². The Labute approximate surface area is 144 Å². The lowest BCUT2D eigenvalue weighted by Crippen LogP contribution is -2.42. The average Bonchev–Trinajstić information content (AvgIpc) is 2.96. The molecular formula is C16H20FN5OS. The van der Waals surface area contributed by atoms with E-state index in [0.29, 0.717) is 18.2 Å². The molecule has 8 heteroatoms. The second-order valence-corrected chi connectivity index (χ2v) is 6.08. The Morgan fingerprint density at radius 2 is 2.21 bits per heavy atom. The van der Waals surface area contributed by atoms with Gasteiger partial charge in [0.05, 0.1) is 17.2 Å². The molecule has 6 nitrogen and oxygen atoms in total. The summed E-state index contributed by atoms with van der Waals surface area (Å²) in [5.41, 5.74) is 1.45. The van der Waals surface area contributed by atoms with Crippen molar-refractivity contribution >= 4 is 28.9 Å². The average molecular weight is 349 g/mol. The fourth-order valence-corrected chi connectivity index (χ4v) is 2.64. The second kappa shape index (κ2) is 8.97. The maximum atomic E-state index is 13.1. The number of thiazole rings is 1. The molecule has 0 spiro atoms. The summed E-state index contributed by atoms with van der Waals surface area (Å²) in [7, 11) is 1.63. The van der Waals surface area contributed by atoms with Gasteiger partial charge in [0.15, 0.2) is 5.96 Å². The van der Waals surface area contributed by atoms with Gasteiger partial charge in [-0.05, 0) is 25.1 Å². The van der Waals surface area contributed by atoms with E-state index in [1.807, 2.05) is 12.3 Å². The first-order valence-electron chi connectivity index (χ1n) is 7.48. The van der Waals surface area contributed by atoms with Crippen LogP contribution in [0.3, 0.4) is 0 Å². The summed E-state index contributed by atoms with van der Waals surface area (Å²) < 4.78 is 13.1. The molecule has 2 rings (SSSR count). The van der Waals surface area contributed by atoms with Crippen LogP contribution in [0, 0.1) is 12.7 Å². The number of nitrogens with one attached hydrogen (secondary N) is 3. The van der Waals surface area contributed by atoms with Gasteiger partial charge in [0.2, 0.25) is 5.91 Å². The van der Waals surface area contributed by atoms with E-state index in [2.05, 4.69) is 25.9 Å². The quantitative estimate of drug-likeness (QED) is 0.550. The maximum Gasteiger partial charge on any atom is 0.243 e. The molecule has 1 heterocycles. The van der Waals surface area contributed by atoms with Crippen LogP contribution in [0.25, 0.3) is 0 Å². The van der Waals surface area contributed by atoms with E-state index in [9.17, 15) is 9.18 Å². The summed E-state index contributed by atoms with van der Waals surface area (Å²) in [6, 6.07) is 5.76. The molecule has 0 unspecified atom stereocenters. The molecule has 0 aliphatic carbocycles. The number of halogens is 1. The van der Waals surface area contributed by atoms with Crippen molar-refractivity contribution in [1.29, 1.82) is 0 Å². The molecule has 0 aliphatic rings. The van der Waals surface area contributed by atoms with Crippen molar-refractivity contribution in [2.75, 3.05) is 25.5 Å². The normalized spacial score (nSPS) is 11.2. The van der Waals surface area contributed by atoms with Crippen molar-refractivity contribution in [1.82, 2.24) is 15.6 Å². The van der Waals surface area contributed by atoms with Gasteiger partial charge in [-0.2, -0.15) is 0 Å². The molecule has 0 radical (unpaired) electrons. The number of aromatic nitrogens is 1. The van der Waals surface area contributed by atoms with Crippen LogP contribution < -0.4 is 16.0 Å². The van der Waals surface area contributed by atoms with E-state index in [1.54, 1.807) is 30.5 Å². The van der Waals surface area contributed by atoms with Gasteiger partial charge in [-0.1, -0.05) is 6.07 Å². The first kappa shape index (κ1) is 17.9. The Kier molecular flexibility index (Phi) is 6.68. The zero-order valence-electron chi connectivity index (χ0n) is 13.6. The highest BCUT2D eigenvalue weighted by molar-refractivity contribution is 7.09. The number of aryl methyl sites for hydroxylation is 1. The second-order valence-electron chi connectivity index (χ2n) is 5.02. The van der Waals surface area contributed by atoms with Gasteiger partial charge in [0.1, 0.15) is 5.82 Å². The lowest BCUT2D eigenvalue weighted by atomic mass is 10.3. The van der Waals surface area contributed by atoms with Crippen molar-refractivity contribution < 1.29 is 9.18 Å².